The number of aryl methyl sites for hydroxylation is 2. The van der Waals surface area contributed by atoms with Gasteiger partial charge in [0.15, 0.2) is 10.7 Å². The summed E-state index contributed by atoms with van der Waals surface area (Å²) in [5, 5.41) is 12.7. The number of imidazole rings is 1. The second kappa shape index (κ2) is 4.63. The SMILES string of the molecule is Cc1ncc(S(=O)(=O)Nc2cnn(C)c2C(=O)O)n1C. The number of nitrogens with one attached hydrogen (secondary N) is 1. The molecule has 0 unspecified atom stereocenters. The van der Waals surface area contributed by atoms with Gasteiger partial charge in [-0.3, -0.25) is 9.40 Å². The molecule has 0 aliphatic rings. The fourth-order valence-corrected chi connectivity index (χ4v) is 2.92. The molecule has 2 N–H and O–H groups in total. The number of carboxylic acids is 1. The summed E-state index contributed by atoms with van der Waals surface area (Å²) >= 11 is 0. The third-order valence-electron chi connectivity index (χ3n) is 2.84. The standard InChI is InChI=1S/C10H13N5O4S/c1-6-11-5-8(14(6)2)20(18,19)13-7-4-12-15(3)9(7)10(16)17/h4-5,13H,1-3H3,(H,16,17). The van der Waals surface area contributed by atoms with Crippen molar-refractivity contribution in [3.8, 4) is 0 Å². The smallest absolute Gasteiger partial charge is 0.356 e. The molecule has 0 radical (unpaired) electrons. The van der Waals surface area contributed by atoms with Crippen LogP contribution in [0.1, 0.15) is 16.3 Å². The molecule has 0 saturated heterocycles. The number of aromatic nitrogens is 4. The molecule has 0 fully saturated rings. The van der Waals surface area contributed by atoms with Crippen LogP contribution in [0.15, 0.2) is 17.4 Å². The van der Waals surface area contributed by atoms with Crippen molar-refractivity contribution >= 4 is 21.7 Å². The van der Waals surface area contributed by atoms with Crippen LogP contribution in [0, 0.1) is 6.92 Å². The van der Waals surface area contributed by atoms with Crippen LogP contribution in [-0.4, -0.2) is 38.8 Å². The van der Waals surface area contributed by atoms with E-state index >= 15 is 0 Å². The highest BCUT2D eigenvalue weighted by atomic mass is 32.2. The summed E-state index contributed by atoms with van der Waals surface area (Å²) in [6.45, 7) is 1.66. The Morgan fingerprint density at radius 2 is 2.00 bits per heavy atom. The lowest BCUT2D eigenvalue weighted by molar-refractivity contribution is 0.0686. The molecular weight excluding hydrogens is 286 g/mol. The summed E-state index contributed by atoms with van der Waals surface area (Å²) in [5.41, 5.74) is -0.341. The molecule has 0 bridgehead atoms. The largest absolute Gasteiger partial charge is 0.476 e. The van der Waals surface area contributed by atoms with E-state index in [2.05, 4.69) is 14.8 Å². The fraction of sp³-hybridized carbons (Fsp3) is 0.300. The second-order valence-electron chi connectivity index (χ2n) is 4.14. The summed E-state index contributed by atoms with van der Waals surface area (Å²) in [6.07, 6.45) is 2.35. The summed E-state index contributed by atoms with van der Waals surface area (Å²) < 4.78 is 29.1. The summed E-state index contributed by atoms with van der Waals surface area (Å²) in [6, 6.07) is 0. The van der Waals surface area contributed by atoms with Crippen molar-refractivity contribution < 1.29 is 18.3 Å². The molecule has 0 aliphatic heterocycles. The quantitative estimate of drug-likeness (QED) is 0.817. The molecule has 2 aromatic rings. The van der Waals surface area contributed by atoms with Gasteiger partial charge in [0.1, 0.15) is 11.5 Å². The van der Waals surface area contributed by atoms with Gasteiger partial charge in [0, 0.05) is 14.1 Å². The predicted molar refractivity (Wildman–Crippen MR) is 68.9 cm³/mol. The van der Waals surface area contributed by atoms with Crippen LogP contribution in [0.25, 0.3) is 0 Å². The van der Waals surface area contributed by atoms with E-state index in [4.69, 9.17) is 5.11 Å². The summed E-state index contributed by atoms with van der Waals surface area (Å²) in [7, 11) is -0.966. The molecule has 0 spiro atoms. The molecule has 2 aromatic heterocycles. The van der Waals surface area contributed by atoms with Crippen LogP contribution in [0.2, 0.25) is 0 Å². The number of aromatic carboxylic acids is 1. The van der Waals surface area contributed by atoms with Gasteiger partial charge in [0.05, 0.1) is 12.4 Å². The first-order chi connectivity index (χ1) is 9.24. The lowest BCUT2D eigenvalue weighted by atomic mass is 10.4. The zero-order chi connectivity index (χ0) is 15.1. The van der Waals surface area contributed by atoms with Gasteiger partial charge in [-0.05, 0) is 6.92 Å². The van der Waals surface area contributed by atoms with Crippen molar-refractivity contribution in [2.24, 2.45) is 14.1 Å². The van der Waals surface area contributed by atoms with Crippen LogP contribution < -0.4 is 4.72 Å². The third kappa shape index (κ3) is 2.25. The van der Waals surface area contributed by atoms with E-state index < -0.39 is 16.0 Å². The molecular formula is C10H13N5O4S. The Balaban J connectivity index is 2.44. The lowest BCUT2D eigenvalue weighted by Crippen LogP contribution is -2.18. The first kappa shape index (κ1) is 14.1. The van der Waals surface area contributed by atoms with Crippen molar-refractivity contribution in [3.63, 3.8) is 0 Å². The van der Waals surface area contributed by atoms with Gasteiger partial charge in [-0.2, -0.15) is 13.5 Å². The van der Waals surface area contributed by atoms with Gasteiger partial charge in [-0.25, -0.2) is 9.78 Å². The van der Waals surface area contributed by atoms with Crippen molar-refractivity contribution in [2.45, 2.75) is 11.9 Å². The number of hydrogen-bond donors (Lipinski definition) is 2. The third-order valence-corrected chi connectivity index (χ3v) is 4.26. The molecule has 108 valence electrons. The first-order valence-corrected chi connectivity index (χ1v) is 6.99. The van der Waals surface area contributed by atoms with E-state index in [0.29, 0.717) is 5.82 Å². The molecule has 20 heavy (non-hydrogen) atoms. The molecule has 0 aliphatic carbocycles. The van der Waals surface area contributed by atoms with Gasteiger partial charge in [-0.1, -0.05) is 0 Å². The minimum absolute atomic E-state index is 0.0600. The Morgan fingerprint density at radius 1 is 1.35 bits per heavy atom. The number of nitrogens with zero attached hydrogens (tertiary/aromatic N) is 4. The van der Waals surface area contributed by atoms with E-state index in [1.807, 2.05) is 0 Å². The van der Waals surface area contributed by atoms with Crippen LogP contribution in [0.4, 0.5) is 5.69 Å². The molecule has 10 heteroatoms. The molecule has 0 amide bonds. The van der Waals surface area contributed by atoms with Crippen LogP contribution in [0.5, 0.6) is 0 Å². The van der Waals surface area contributed by atoms with Gasteiger partial charge >= 0.3 is 5.97 Å². The molecule has 9 nitrogen and oxygen atoms in total. The average Bonchev–Trinajstić information content (AvgIpc) is 2.84. The second-order valence-corrected chi connectivity index (χ2v) is 5.77. The van der Waals surface area contributed by atoms with Gasteiger partial charge in [0.2, 0.25) is 0 Å². The van der Waals surface area contributed by atoms with Gasteiger partial charge in [0.25, 0.3) is 10.0 Å². The average molecular weight is 299 g/mol. The molecule has 2 heterocycles. The van der Waals surface area contributed by atoms with Crippen molar-refractivity contribution in [1.82, 2.24) is 19.3 Å². The van der Waals surface area contributed by atoms with E-state index in [-0.39, 0.29) is 16.4 Å². The van der Waals surface area contributed by atoms with E-state index in [9.17, 15) is 13.2 Å². The summed E-state index contributed by atoms with van der Waals surface area (Å²) in [4.78, 5) is 15.0. The maximum Gasteiger partial charge on any atom is 0.356 e. The molecule has 0 atom stereocenters. The van der Waals surface area contributed by atoms with Crippen LogP contribution >= 0.6 is 0 Å². The highest BCUT2D eigenvalue weighted by molar-refractivity contribution is 7.92. The summed E-state index contributed by atoms with van der Waals surface area (Å²) in [5.74, 6) is -0.751. The highest BCUT2D eigenvalue weighted by Gasteiger charge is 2.24. The van der Waals surface area contributed by atoms with Gasteiger partial charge < -0.3 is 9.67 Å². The Bertz CT molecular complexity index is 774. The first-order valence-electron chi connectivity index (χ1n) is 5.50. The van der Waals surface area contributed by atoms with Crippen LogP contribution in [0.3, 0.4) is 0 Å². The number of sulfonamides is 1. The number of carboxylic acid groups (broad SMARTS) is 1. The maximum atomic E-state index is 12.2. The van der Waals surface area contributed by atoms with Crippen molar-refractivity contribution in [3.05, 3.63) is 23.9 Å². The molecule has 0 aromatic carbocycles. The number of anilines is 1. The fourth-order valence-electron chi connectivity index (χ4n) is 1.69. The Kier molecular flexibility index (Phi) is 3.26. The Morgan fingerprint density at radius 3 is 2.50 bits per heavy atom. The van der Waals surface area contributed by atoms with Gasteiger partial charge in [-0.15, -0.1) is 0 Å². The van der Waals surface area contributed by atoms with E-state index in [1.54, 1.807) is 14.0 Å². The number of carbonyl (C=O) groups is 1. The normalized spacial score (nSPS) is 11.6. The minimum atomic E-state index is -3.93. The Labute approximate surface area is 114 Å². The monoisotopic (exact) mass is 299 g/mol. The zero-order valence-electron chi connectivity index (χ0n) is 11.0. The van der Waals surface area contributed by atoms with E-state index in [0.717, 1.165) is 10.9 Å². The van der Waals surface area contributed by atoms with Crippen molar-refractivity contribution in [2.75, 3.05) is 4.72 Å². The van der Waals surface area contributed by atoms with E-state index in [1.165, 1.54) is 17.8 Å². The number of hydrogen-bond acceptors (Lipinski definition) is 5. The zero-order valence-corrected chi connectivity index (χ0v) is 11.8. The highest BCUT2D eigenvalue weighted by Crippen LogP contribution is 2.19. The molecule has 0 saturated carbocycles. The lowest BCUT2D eigenvalue weighted by Gasteiger charge is -2.08. The maximum absolute atomic E-state index is 12.2. The van der Waals surface area contributed by atoms with Crippen LogP contribution in [-0.2, 0) is 24.1 Å². The number of rotatable bonds is 4. The topological polar surface area (TPSA) is 119 Å². The minimum Gasteiger partial charge on any atom is -0.476 e. The van der Waals surface area contributed by atoms with Crippen molar-refractivity contribution in [1.29, 1.82) is 0 Å². The predicted octanol–water partition coefficient (Wildman–Crippen LogP) is -0.0390. The molecule has 2 rings (SSSR count). The Hall–Kier alpha value is -2.36.